The Balaban J connectivity index is 2.32. The number of nitrogens with zero attached hydrogens (tertiary/aromatic N) is 2. The molecular formula is C13H12F3N5O2. The summed E-state index contributed by atoms with van der Waals surface area (Å²) in [5.74, 6) is -1.27. The summed E-state index contributed by atoms with van der Waals surface area (Å²) in [6.45, 7) is 0. The smallest absolute Gasteiger partial charge is 0.421 e. The average molecular weight is 327 g/mol. The van der Waals surface area contributed by atoms with Gasteiger partial charge in [0, 0.05) is 11.8 Å². The lowest BCUT2D eigenvalue weighted by molar-refractivity contribution is -0.137. The summed E-state index contributed by atoms with van der Waals surface area (Å²) in [6.07, 6.45) is -4.06. The van der Waals surface area contributed by atoms with Crippen LogP contribution in [0.4, 0.5) is 30.6 Å². The first kappa shape index (κ1) is 16.3. The first-order chi connectivity index (χ1) is 10.7. The van der Waals surface area contributed by atoms with Gasteiger partial charge in [0.15, 0.2) is 0 Å². The van der Waals surface area contributed by atoms with E-state index in [4.69, 9.17) is 16.2 Å². The molecule has 0 atom stereocenters. The van der Waals surface area contributed by atoms with Gasteiger partial charge in [0.05, 0.1) is 12.8 Å². The number of alkyl halides is 3. The number of aromatic nitrogens is 2. The van der Waals surface area contributed by atoms with E-state index in [1.807, 2.05) is 0 Å². The molecule has 0 aliphatic carbocycles. The molecule has 0 aliphatic rings. The Labute approximate surface area is 128 Å². The number of primary amides is 1. The fourth-order valence-corrected chi connectivity index (χ4v) is 1.74. The van der Waals surface area contributed by atoms with Crippen molar-refractivity contribution in [1.82, 2.24) is 9.97 Å². The van der Waals surface area contributed by atoms with Crippen LogP contribution >= 0.6 is 0 Å². The van der Waals surface area contributed by atoms with E-state index in [0.717, 1.165) is 0 Å². The number of rotatable bonds is 4. The van der Waals surface area contributed by atoms with Crippen LogP contribution in [0.1, 0.15) is 15.9 Å². The van der Waals surface area contributed by atoms with Gasteiger partial charge in [0.2, 0.25) is 11.9 Å². The number of hydrogen-bond donors (Lipinski definition) is 3. The largest absolute Gasteiger partial charge is 0.495 e. The number of hydrogen-bond acceptors (Lipinski definition) is 6. The molecule has 0 saturated heterocycles. The zero-order chi connectivity index (χ0) is 17.2. The summed E-state index contributed by atoms with van der Waals surface area (Å²) in [4.78, 5) is 18.2. The average Bonchev–Trinajstić information content (AvgIpc) is 2.46. The van der Waals surface area contributed by atoms with Gasteiger partial charge in [-0.2, -0.15) is 18.2 Å². The maximum Gasteiger partial charge on any atom is 0.421 e. The van der Waals surface area contributed by atoms with Crippen molar-refractivity contribution in [3.05, 3.63) is 35.5 Å². The number of ether oxygens (including phenoxy) is 1. The maximum absolute atomic E-state index is 12.6. The zero-order valence-corrected chi connectivity index (χ0v) is 11.8. The Kier molecular flexibility index (Phi) is 4.25. The molecule has 0 unspecified atom stereocenters. The minimum absolute atomic E-state index is 0.152. The van der Waals surface area contributed by atoms with E-state index < -0.39 is 23.5 Å². The molecule has 0 spiro atoms. The second-order valence-electron chi connectivity index (χ2n) is 4.39. The highest BCUT2D eigenvalue weighted by Gasteiger charge is 2.34. The quantitative estimate of drug-likeness (QED) is 0.790. The third kappa shape index (κ3) is 3.59. The monoisotopic (exact) mass is 327 g/mol. The van der Waals surface area contributed by atoms with Gasteiger partial charge in [0.1, 0.15) is 17.1 Å². The Bertz CT molecular complexity index is 749. The minimum atomic E-state index is -4.64. The molecule has 0 radical (unpaired) electrons. The van der Waals surface area contributed by atoms with E-state index in [1.165, 1.54) is 25.3 Å². The molecule has 2 aromatic rings. The number of carbonyl (C=O) groups excluding carboxylic acids is 1. The number of nitrogens with one attached hydrogen (secondary N) is 1. The van der Waals surface area contributed by atoms with Crippen LogP contribution in [-0.2, 0) is 6.18 Å². The van der Waals surface area contributed by atoms with E-state index in [2.05, 4.69) is 15.3 Å². The van der Waals surface area contributed by atoms with E-state index in [1.54, 1.807) is 0 Å². The van der Waals surface area contributed by atoms with Crippen molar-refractivity contribution in [2.24, 2.45) is 5.73 Å². The molecule has 0 aliphatic heterocycles. The molecule has 0 saturated carbocycles. The predicted octanol–water partition coefficient (Wildman–Crippen LogP) is 1.93. The first-order valence-electron chi connectivity index (χ1n) is 6.17. The summed E-state index contributed by atoms with van der Waals surface area (Å²) in [5.41, 5.74) is 9.86. The highest BCUT2D eigenvalue weighted by atomic mass is 19.4. The Morgan fingerprint density at radius 1 is 1.35 bits per heavy atom. The van der Waals surface area contributed by atoms with Gasteiger partial charge in [-0.3, -0.25) is 4.79 Å². The minimum Gasteiger partial charge on any atom is -0.495 e. The van der Waals surface area contributed by atoms with Crippen LogP contribution in [0.5, 0.6) is 5.75 Å². The molecule has 0 fully saturated rings. The van der Waals surface area contributed by atoms with Gasteiger partial charge < -0.3 is 21.5 Å². The third-order valence-electron chi connectivity index (χ3n) is 2.86. The van der Waals surface area contributed by atoms with Gasteiger partial charge in [0.25, 0.3) is 0 Å². The van der Waals surface area contributed by atoms with E-state index >= 15 is 0 Å². The predicted molar refractivity (Wildman–Crippen MR) is 76.2 cm³/mol. The van der Waals surface area contributed by atoms with Gasteiger partial charge in [-0.25, -0.2) is 4.98 Å². The molecule has 1 aromatic carbocycles. The normalized spacial score (nSPS) is 11.1. The fraction of sp³-hybridized carbons (Fsp3) is 0.154. The number of methoxy groups -OCH3 is 1. The van der Waals surface area contributed by atoms with E-state index in [9.17, 15) is 18.0 Å². The molecule has 10 heteroatoms. The second-order valence-corrected chi connectivity index (χ2v) is 4.39. The van der Waals surface area contributed by atoms with Crippen LogP contribution in [0.15, 0.2) is 24.4 Å². The Hall–Kier alpha value is -3.04. The molecular weight excluding hydrogens is 315 g/mol. The topological polar surface area (TPSA) is 116 Å². The lowest BCUT2D eigenvalue weighted by atomic mass is 10.2. The van der Waals surface area contributed by atoms with Crippen molar-refractivity contribution in [3.8, 4) is 5.75 Å². The lowest BCUT2D eigenvalue weighted by Gasteiger charge is -2.13. The van der Waals surface area contributed by atoms with Crippen LogP contribution in [0.3, 0.4) is 0 Å². The highest BCUT2D eigenvalue weighted by molar-refractivity contribution is 5.94. The van der Waals surface area contributed by atoms with Crippen LogP contribution in [-0.4, -0.2) is 23.0 Å². The summed E-state index contributed by atoms with van der Waals surface area (Å²) in [5, 5.41) is 2.66. The second kappa shape index (κ2) is 5.99. The highest BCUT2D eigenvalue weighted by Crippen LogP contribution is 2.33. The molecule has 0 bridgehead atoms. The van der Waals surface area contributed by atoms with Crippen molar-refractivity contribution < 1.29 is 22.7 Å². The number of carbonyl (C=O) groups is 1. The van der Waals surface area contributed by atoms with Crippen LogP contribution in [0, 0.1) is 0 Å². The molecule has 1 heterocycles. The van der Waals surface area contributed by atoms with Gasteiger partial charge in [-0.05, 0) is 18.2 Å². The fourth-order valence-electron chi connectivity index (χ4n) is 1.74. The number of nitrogens with two attached hydrogens (primary N) is 2. The molecule has 7 nitrogen and oxygen atoms in total. The molecule has 5 N–H and O–H groups in total. The molecule has 23 heavy (non-hydrogen) atoms. The van der Waals surface area contributed by atoms with Gasteiger partial charge in [-0.1, -0.05) is 0 Å². The molecule has 2 rings (SSSR count). The standard InChI is InChI=1S/C13H12F3N5O2/c1-23-9-4-6(11(18)22)2-3-8(9)20-12-19-5-7(10(17)21-12)13(14,15)16/h2-5H,1H3,(H2,18,22)(H3,17,19,20,21). The summed E-state index contributed by atoms with van der Waals surface area (Å²) in [6, 6.07) is 4.24. The molecule has 122 valence electrons. The van der Waals surface area contributed by atoms with Crippen molar-refractivity contribution in [1.29, 1.82) is 0 Å². The maximum atomic E-state index is 12.6. The van der Waals surface area contributed by atoms with Crippen molar-refractivity contribution in [3.63, 3.8) is 0 Å². The summed E-state index contributed by atoms with van der Waals surface area (Å²) in [7, 11) is 1.35. The number of nitrogen functional groups attached to an aromatic ring is 1. The zero-order valence-electron chi connectivity index (χ0n) is 11.8. The van der Waals surface area contributed by atoms with Crippen molar-refractivity contribution in [2.45, 2.75) is 6.18 Å². The van der Waals surface area contributed by atoms with E-state index in [-0.39, 0.29) is 17.3 Å². The van der Waals surface area contributed by atoms with Crippen LogP contribution < -0.4 is 21.5 Å². The number of anilines is 3. The number of halogens is 3. The summed E-state index contributed by atoms with van der Waals surface area (Å²) < 4.78 is 42.9. The van der Waals surface area contributed by atoms with Crippen LogP contribution in [0.25, 0.3) is 0 Å². The Morgan fingerprint density at radius 3 is 2.57 bits per heavy atom. The molecule has 1 aromatic heterocycles. The first-order valence-corrected chi connectivity index (χ1v) is 6.17. The molecule has 1 amide bonds. The summed E-state index contributed by atoms with van der Waals surface area (Å²) >= 11 is 0. The Morgan fingerprint density at radius 2 is 2.04 bits per heavy atom. The van der Waals surface area contributed by atoms with Crippen molar-refractivity contribution in [2.75, 3.05) is 18.2 Å². The lowest BCUT2D eigenvalue weighted by Crippen LogP contribution is -2.13. The van der Waals surface area contributed by atoms with Crippen molar-refractivity contribution >= 4 is 23.4 Å². The number of amides is 1. The van der Waals surface area contributed by atoms with Gasteiger partial charge >= 0.3 is 6.18 Å². The SMILES string of the molecule is COc1cc(C(N)=O)ccc1Nc1ncc(C(F)(F)F)c(N)n1. The van der Waals surface area contributed by atoms with Gasteiger partial charge in [-0.15, -0.1) is 0 Å². The van der Waals surface area contributed by atoms with E-state index in [0.29, 0.717) is 11.9 Å². The third-order valence-corrected chi connectivity index (χ3v) is 2.86. The van der Waals surface area contributed by atoms with Crippen LogP contribution in [0.2, 0.25) is 0 Å². The number of benzene rings is 1.